The monoisotopic (exact) mass is 516 g/mol. The summed E-state index contributed by atoms with van der Waals surface area (Å²) in [5.74, 6) is 0. The lowest BCUT2D eigenvalue weighted by atomic mass is 10.2. The fourth-order valence-corrected chi connectivity index (χ4v) is 4.55. The van der Waals surface area contributed by atoms with Crippen LogP contribution >= 0.6 is 45.2 Å². The predicted octanol–water partition coefficient (Wildman–Crippen LogP) is 2.08. The summed E-state index contributed by atoms with van der Waals surface area (Å²) in [6.07, 6.45) is -4.78. The van der Waals surface area contributed by atoms with Crippen LogP contribution < -0.4 is 11.2 Å². The number of hydrogen-bond acceptors (Lipinski definition) is 3. The van der Waals surface area contributed by atoms with Crippen LogP contribution in [0.1, 0.15) is 18.2 Å². The van der Waals surface area contributed by atoms with E-state index in [1.807, 2.05) is 0 Å². The molecular weight excluding hydrogens is 507 g/mol. The van der Waals surface area contributed by atoms with Gasteiger partial charge in [-0.2, -0.15) is 13.2 Å². The average molecular weight is 516 g/mol. The smallest absolute Gasteiger partial charge is 0.353 e. The molecule has 1 aromatic heterocycles. The summed E-state index contributed by atoms with van der Waals surface area (Å²) in [7, 11) is 0. The summed E-state index contributed by atoms with van der Waals surface area (Å²) in [5.41, 5.74) is -3.73. The molecule has 1 aliphatic heterocycles. The lowest BCUT2D eigenvalue weighted by molar-refractivity contribution is -0.139. The highest BCUT2D eigenvalue weighted by molar-refractivity contribution is 14.1. The Morgan fingerprint density at radius 2 is 2.10 bits per heavy atom. The van der Waals surface area contributed by atoms with E-state index in [0.29, 0.717) is 17.0 Å². The molecule has 2 heterocycles. The van der Waals surface area contributed by atoms with Crippen molar-refractivity contribution in [3.05, 3.63) is 32.6 Å². The van der Waals surface area contributed by atoms with Crippen molar-refractivity contribution in [2.24, 2.45) is 0 Å². The molecule has 0 amide bonds. The van der Waals surface area contributed by atoms with E-state index in [-0.39, 0.29) is 10.0 Å². The molecule has 0 radical (unpaired) electrons. The number of hydrogen-bond donors (Lipinski definition) is 1. The van der Waals surface area contributed by atoms with Gasteiger partial charge in [-0.1, -0.05) is 45.2 Å². The van der Waals surface area contributed by atoms with Crippen molar-refractivity contribution in [2.45, 2.75) is 28.9 Å². The topological polar surface area (TPSA) is 64.1 Å². The first-order valence-electron chi connectivity index (χ1n) is 5.52. The van der Waals surface area contributed by atoms with Gasteiger partial charge in [0.1, 0.15) is 11.8 Å². The highest BCUT2D eigenvalue weighted by Crippen LogP contribution is 2.34. The molecule has 1 fully saturated rings. The van der Waals surface area contributed by atoms with Gasteiger partial charge in [-0.15, -0.1) is 0 Å². The Morgan fingerprint density at radius 1 is 1.45 bits per heavy atom. The summed E-state index contributed by atoms with van der Waals surface area (Å²) < 4.78 is 45.2. The number of alkyl halides is 5. The fraction of sp³-hybridized carbons (Fsp3) is 0.600. The van der Waals surface area contributed by atoms with Gasteiger partial charge in [0.2, 0.25) is 0 Å². The van der Waals surface area contributed by atoms with Gasteiger partial charge in [0, 0.05) is 21.0 Å². The van der Waals surface area contributed by atoms with Crippen molar-refractivity contribution in [1.82, 2.24) is 9.55 Å². The first-order valence-corrected chi connectivity index (χ1v) is 8.29. The summed E-state index contributed by atoms with van der Waals surface area (Å²) in [4.78, 5) is 24.6. The van der Waals surface area contributed by atoms with E-state index in [1.54, 1.807) is 4.98 Å². The maximum Gasteiger partial charge on any atom is 0.423 e. The minimum atomic E-state index is -4.81. The van der Waals surface area contributed by atoms with Gasteiger partial charge in [0.15, 0.2) is 0 Å². The molecule has 0 aromatic carbocycles. The number of aromatic amines is 1. The van der Waals surface area contributed by atoms with Crippen LogP contribution in [-0.4, -0.2) is 24.0 Å². The zero-order valence-electron chi connectivity index (χ0n) is 9.79. The van der Waals surface area contributed by atoms with Crippen molar-refractivity contribution in [2.75, 3.05) is 4.43 Å². The van der Waals surface area contributed by atoms with Gasteiger partial charge >= 0.3 is 11.9 Å². The third-order valence-electron chi connectivity index (χ3n) is 2.90. The molecule has 0 bridgehead atoms. The number of nitrogens with one attached hydrogen (secondary N) is 1. The molecule has 1 aromatic rings. The van der Waals surface area contributed by atoms with Gasteiger partial charge in [-0.25, -0.2) is 4.79 Å². The number of nitrogens with zero attached hydrogens (tertiary/aromatic N) is 1. The van der Waals surface area contributed by atoms with E-state index in [4.69, 9.17) is 4.74 Å². The SMILES string of the molecule is O=c1[nH]c(=O)n([C@H]2C[C@H](I)[C@@H](CI)O2)cc1C(F)(F)F. The zero-order valence-corrected chi connectivity index (χ0v) is 14.1. The normalized spacial score (nSPS) is 26.9. The summed E-state index contributed by atoms with van der Waals surface area (Å²) in [6, 6.07) is 0. The Morgan fingerprint density at radius 3 is 2.60 bits per heavy atom. The van der Waals surface area contributed by atoms with Gasteiger partial charge in [0.05, 0.1) is 6.10 Å². The molecule has 0 aliphatic carbocycles. The third-order valence-corrected chi connectivity index (χ3v) is 5.08. The lowest BCUT2D eigenvalue weighted by Gasteiger charge is -2.16. The molecule has 3 atom stereocenters. The Balaban J connectivity index is 2.43. The van der Waals surface area contributed by atoms with Crippen molar-refractivity contribution < 1.29 is 17.9 Å². The number of ether oxygens (including phenoxy) is 1. The number of halogens is 5. The van der Waals surface area contributed by atoms with Gasteiger partial charge < -0.3 is 4.74 Å². The van der Waals surface area contributed by atoms with Crippen LogP contribution in [-0.2, 0) is 10.9 Å². The van der Waals surface area contributed by atoms with Crippen LogP contribution in [0.4, 0.5) is 13.2 Å². The molecule has 1 aliphatic rings. The van der Waals surface area contributed by atoms with Crippen LogP contribution in [0.25, 0.3) is 0 Å². The van der Waals surface area contributed by atoms with E-state index < -0.39 is 29.2 Å². The minimum absolute atomic E-state index is 0.0997. The van der Waals surface area contributed by atoms with Crippen molar-refractivity contribution >= 4 is 45.2 Å². The molecule has 1 N–H and O–H groups in total. The summed E-state index contributed by atoms with van der Waals surface area (Å²) >= 11 is 4.25. The first kappa shape index (κ1) is 16.3. The number of aromatic nitrogens is 2. The van der Waals surface area contributed by atoms with E-state index in [0.717, 1.165) is 4.57 Å². The Bertz CT molecular complexity index is 613. The van der Waals surface area contributed by atoms with Crippen LogP contribution in [0.2, 0.25) is 0 Å². The second-order valence-corrected chi connectivity index (χ2v) is 6.72. The van der Waals surface area contributed by atoms with Gasteiger partial charge in [-0.3, -0.25) is 14.3 Å². The second kappa shape index (κ2) is 5.94. The van der Waals surface area contributed by atoms with Crippen LogP contribution in [0, 0.1) is 0 Å². The molecule has 0 saturated carbocycles. The maximum atomic E-state index is 12.7. The zero-order chi connectivity index (χ0) is 15.1. The van der Waals surface area contributed by atoms with Crippen LogP contribution in [0.15, 0.2) is 15.8 Å². The quantitative estimate of drug-likeness (QED) is 0.484. The second-order valence-electron chi connectivity index (χ2n) is 4.24. The lowest BCUT2D eigenvalue weighted by Crippen LogP contribution is -2.36. The van der Waals surface area contributed by atoms with Crippen LogP contribution in [0.5, 0.6) is 0 Å². The Labute approximate surface area is 138 Å². The molecular formula is C10H9F3I2N2O3. The predicted molar refractivity (Wildman–Crippen MR) is 81.5 cm³/mol. The fourth-order valence-electron chi connectivity index (χ4n) is 1.90. The maximum absolute atomic E-state index is 12.7. The number of rotatable bonds is 2. The molecule has 112 valence electrons. The number of H-pyrrole nitrogens is 1. The molecule has 5 nitrogen and oxygen atoms in total. The molecule has 2 rings (SSSR count). The van der Waals surface area contributed by atoms with Crippen molar-refractivity contribution in [3.8, 4) is 0 Å². The van der Waals surface area contributed by atoms with E-state index >= 15 is 0 Å². The van der Waals surface area contributed by atoms with E-state index in [2.05, 4.69) is 45.2 Å². The molecule has 0 spiro atoms. The Hall–Kier alpha value is -0.110. The largest absolute Gasteiger partial charge is 0.423 e. The van der Waals surface area contributed by atoms with Gasteiger partial charge in [-0.05, 0) is 0 Å². The minimum Gasteiger partial charge on any atom is -0.353 e. The molecule has 10 heteroatoms. The summed E-state index contributed by atoms with van der Waals surface area (Å²) in [6.45, 7) is 0. The van der Waals surface area contributed by atoms with Crippen LogP contribution in [0.3, 0.4) is 0 Å². The molecule has 20 heavy (non-hydrogen) atoms. The van der Waals surface area contributed by atoms with Crippen molar-refractivity contribution in [1.29, 1.82) is 0 Å². The first-order chi connectivity index (χ1) is 9.24. The molecule has 0 unspecified atom stereocenters. The average Bonchev–Trinajstić information content (AvgIpc) is 2.68. The summed E-state index contributed by atoms with van der Waals surface area (Å²) in [5, 5.41) is 0. The van der Waals surface area contributed by atoms with E-state index in [1.165, 1.54) is 0 Å². The highest BCUT2D eigenvalue weighted by atomic mass is 127. The standard InChI is InChI=1S/C10H9F3I2N2O3/c11-10(12,13)4-3-17(9(19)16-8(4)18)7-1-5(15)6(2-14)20-7/h3,5-7H,1-2H2,(H,16,18,19)/t5-,6+,7+/m0/s1. The van der Waals surface area contributed by atoms with Gasteiger partial charge in [0.25, 0.3) is 5.56 Å². The third kappa shape index (κ3) is 3.21. The van der Waals surface area contributed by atoms with Crippen molar-refractivity contribution in [3.63, 3.8) is 0 Å². The molecule has 1 saturated heterocycles. The highest BCUT2D eigenvalue weighted by Gasteiger charge is 2.38. The van der Waals surface area contributed by atoms with E-state index in [9.17, 15) is 22.8 Å². The Kier molecular flexibility index (Phi) is 4.83.